The highest BCUT2D eigenvalue weighted by atomic mass is 19.4. The molecule has 0 radical (unpaired) electrons. The highest BCUT2D eigenvalue weighted by molar-refractivity contribution is 5.83. The second-order valence-electron chi connectivity index (χ2n) is 4.69. The van der Waals surface area contributed by atoms with Gasteiger partial charge in [-0.2, -0.15) is 26.3 Å². The maximum atomic E-state index is 13.0. The summed E-state index contributed by atoms with van der Waals surface area (Å²) in [7, 11) is 1.01. The van der Waals surface area contributed by atoms with Crippen molar-refractivity contribution in [3.05, 3.63) is 23.5 Å². The van der Waals surface area contributed by atoms with Crippen LogP contribution in [0.5, 0.6) is 0 Å². The third kappa shape index (κ3) is 3.04. The summed E-state index contributed by atoms with van der Waals surface area (Å²) in [5.74, 6) is -4.50. The van der Waals surface area contributed by atoms with Crippen LogP contribution >= 0.6 is 0 Å². The number of carbonyl (C=O) groups is 2. The molecule has 0 aromatic carbocycles. The SMILES string of the molecule is COC(=O)C(O)(c1ccc(C(O)(C(=O)OC)C(F)(F)F)[nH]1)C(F)(F)F. The lowest BCUT2D eigenvalue weighted by Crippen LogP contribution is -2.51. The Labute approximate surface area is 135 Å². The molecule has 0 amide bonds. The van der Waals surface area contributed by atoms with Crippen molar-refractivity contribution in [2.75, 3.05) is 14.2 Å². The van der Waals surface area contributed by atoms with E-state index in [1.807, 2.05) is 0 Å². The molecule has 25 heavy (non-hydrogen) atoms. The van der Waals surface area contributed by atoms with Gasteiger partial charge < -0.3 is 24.7 Å². The van der Waals surface area contributed by atoms with Gasteiger partial charge in [0.15, 0.2) is 0 Å². The number of hydrogen-bond acceptors (Lipinski definition) is 6. The maximum Gasteiger partial charge on any atom is 0.434 e. The lowest BCUT2D eigenvalue weighted by molar-refractivity contribution is -0.270. The molecule has 2 unspecified atom stereocenters. The minimum absolute atomic E-state index is 0.236. The number of aromatic nitrogens is 1. The fourth-order valence-corrected chi connectivity index (χ4v) is 1.87. The number of nitrogens with one attached hydrogen (secondary N) is 1. The van der Waals surface area contributed by atoms with Crippen LogP contribution in [0, 0.1) is 0 Å². The van der Waals surface area contributed by atoms with Crippen LogP contribution in [0.25, 0.3) is 0 Å². The molecule has 1 aromatic rings. The van der Waals surface area contributed by atoms with Gasteiger partial charge in [0.25, 0.3) is 11.2 Å². The number of ether oxygens (including phenoxy) is 2. The molecule has 142 valence electrons. The topological polar surface area (TPSA) is 109 Å². The van der Waals surface area contributed by atoms with Crippen molar-refractivity contribution < 1.29 is 55.6 Å². The van der Waals surface area contributed by atoms with Crippen LogP contribution < -0.4 is 0 Å². The van der Waals surface area contributed by atoms with Crippen molar-refractivity contribution in [2.45, 2.75) is 23.6 Å². The van der Waals surface area contributed by atoms with E-state index in [0.29, 0.717) is 14.2 Å². The molecule has 0 bridgehead atoms. The minimum Gasteiger partial charge on any atom is -0.466 e. The van der Waals surface area contributed by atoms with Gasteiger partial charge in [0.05, 0.1) is 25.6 Å². The summed E-state index contributed by atoms with van der Waals surface area (Å²) in [6.07, 6.45) is -11.4. The van der Waals surface area contributed by atoms with Crippen LogP contribution in [0.1, 0.15) is 11.4 Å². The number of rotatable bonds is 4. The molecule has 1 heterocycles. The van der Waals surface area contributed by atoms with E-state index in [0.717, 1.165) is 0 Å². The zero-order chi connectivity index (χ0) is 19.8. The Bertz CT molecular complexity index is 613. The van der Waals surface area contributed by atoms with E-state index >= 15 is 0 Å². The Morgan fingerprint density at radius 1 is 0.840 bits per heavy atom. The molecular formula is C12H11F6NO6. The highest BCUT2D eigenvalue weighted by Gasteiger charge is 2.66. The predicted octanol–water partition coefficient (Wildman–Crippen LogP) is 0.861. The van der Waals surface area contributed by atoms with Crippen molar-refractivity contribution in [1.29, 1.82) is 0 Å². The van der Waals surface area contributed by atoms with E-state index in [2.05, 4.69) is 9.47 Å². The summed E-state index contributed by atoms with van der Waals surface area (Å²) in [4.78, 5) is 24.1. The number of esters is 2. The molecule has 0 saturated heterocycles. The van der Waals surface area contributed by atoms with E-state index in [9.17, 15) is 46.1 Å². The monoisotopic (exact) mass is 379 g/mol. The van der Waals surface area contributed by atoms with Crippen molar-refractivity contribution in [3.63, 3.8) is 0 Å². The molecule has 0 aliphatic rings. The summed E-state index contributed by atoms with van der Waals surface area (Å²) < 4.78 is 85.9. The number of H-pyrrole nitrogens is 1. The van der Waals surface area contributed by atoms with E-state index in [-0.39, 0.29) is 12.1 Å². The van der Waals surface area contributed by atoms with Gasteiger partial charge in [0.2, 0.25) is 0 Å². The molecule has 3 N–H and O–H groups in total. The maximum absolute atomic E-state index is 13.0. The third-order valence-corrected chi connectivity index (χ3v) is 3.25. The summed E-state index contributed by atoms with van der Waals surface area (Å²) in [5, 5.41) is 19.3. The summed E-state index contributed by atoms with van der Waals surface area (Å²) >= 11 is 0. The number of aliphatic hydroxyl groups is 2. The number of carbonyl (C=O) groups excluding carboxylic acids is 2. The van der Waals surface area contributed by atoms with Gasteiger partial charge in [-0.3, -0.25) is 0 Å². The molecule has 0 aliphatic heterocycles. The average molecular weight is 379 g/mol. The van der Waals surface area contributed by atoms with Gasteiger partial charge in [-0.05, 0) is 12.1 Å². The summed E-state index contributed by atoms with van der Waals surface area (Å²) in [5.41, 5.74) is -11.7. The van der Waals surface area contributed by atoms with E-state index in [1.54, 1.807) is 0 Å². The van der Waals surface area contributed by atoms with Crippen LogP contribution in [-0.2, 0) is 30.3 Å². The Morgan fingerprint density at radius 3 is 1.32 bits per heavy atom. The van der Waals surface area contributed by atoms with Gasteiger partial charge in [0, 0.05) is 0 Å². The number of hydrogen-bond donors (Lipinski definition) is 3. The average Bonchev–Trinajstić information content (AvgIpc) is 2.99. The van der Waals surface area contributed by atoms with Crippen LogP contribution in [0.3, 0.4) is 0 Å². The first-order chi connectivity index (χ1) is 11.2. The van der Waals surface area contributed by atoms with E-state index in [4.69, 9.17) is 0 Å². The molecule has 0 spiro atoms. The fourth-order valence-electron chi connectivity index (χ4n) is 1.87. The van der Waals surface area contributed by atoms with Crippen LogP contribution in [0.15, 0.2) is 12.1 Å². The lowest BCUT2D eigenvalue weighted by atomic mass is 9.99. The van der Waals surface area contributed by atoms with Crippen molar-refractivity contribution in [2.24, 2.45) is 0 Å². The predicted molar refractivity (Wildman–Crippen MR) is 64.7 cm³/mol. The lowest BCUT2D eigenvalue weighted by Gasteiger charge is -2.28. The Kier molecular flexibility index (Phi) is 5.17. The molecule has 1 rings (SSSR count). The van der Waals surface area contributed by atoms with Crippen molar-refractivity contribution in [1.82, 2.24) is 4.98 Å². The molecule has 0 aliphatic carbocycles. The molecule has 0 fully saturated rings. The molecule has 0 saturated carbocycles. The van der Waals surface area contributed by atoms with Gasteiger partial charge in [0.1, 0.15) is 0 Å². The van der Waals surface area contributed by atoms with E-state index in [1.165, 1.54) is 4.98 Å². The summed E-state index contributed by atoms with van der Waals surface area (Å²) in [6, 6.07) is 0.471. The highest BCUT2D eigenvalue weighted by Crippen LogP contribution is 2.43. The van der Waals surface area contributed by atoms with Crippen LogP contribution in [0.2, 0.25) is 0 Å². The number of methoxy groups -OCH3 is 2. The second kappa shape index (κ2) is 6.22. The minimum atomic E-state index is -5.69. The summed E-state index contributed by atoms with van der Waals surface area (Å²) in [6.45, 7) is 0. The van der Waals surface area contributed by atoms with E-state index < -0.39 is 46.9 Å². The Balaban J connectivity index is 3.60. The molecule has 7 nitrogen and oxygen atoms in total. The first-order valence-electron chi connectivity index (χ1n) is 6.12. The number of halogens is 6. The zero-order valence-corrected chi connectivity index (χ0v) is 12.4. The molecule has 2 atom stereocenters. The number of aromatic amines is 1. The van der Waals surface area contributed by atoms with Gasteiger partial charge in [-0.15, -0.1) is 0 Å². The fraction of sp³-hybridized carbons (Fsp3) is 0.500. The zero-order valence-electron chi connectivity index (χ0n) is 12.4. The normalized spacial score (nSPS) is 17.4. The van der Waals surface area contributed by atoms with Crippen molar-refractivity contribution >= 4 is 11.9 Å². The van der Waals surface area contributed by atoms with Gasteiger partial charge in [-0.1, -0.05) is 0 Å². The Hall–Kier alpha value is -2.28. The van der Waals surface area contributed by atoms with Gasteiger partial charge in [-0.25, -0.2) is 9.59 Å². The first-order valence-corrected chi connectivity index (χ1v) is 6.12. The second-order valence-corrected chi connectivity index (χ2v) is 4.69. The van der Waals surface area contributed by atoms with Crippen molar-refractivity contribution in [3.8, 4) is 0 Å². The largest absolute Gasteiger partial charge is 0.466 e. The first kappa shape index (κ1) is 20.8. The van der Waals surface area contributed by atoms with Crippen LogP contribution in [-0.4, -0.2) is 53.7 Å². The van der Waals surface area contributed by atoms with Gasteiger partial charge >= 0.3 is 24.3 Å². The third-order valence-electron chi connectivity index (χ3n) is 3.25. The number of alkyl halides is 6. The molecular weight excluding hydrogens is 368 g/mol. The van der Waals surface area contributed by atoms with Crippen LogP contribution in [0.4, 0.5) is 26.3 Å². The standard InChI is InChI=1S/C12H11F6NO6/c1-24-7(20)9(22,11(13,14)15)5-3-4-6(19-5)10(23,8(21)25-2)12(16,17)18/h3-4,19,22-23H,1-2H3. The Morgan fingerprint density at radius 2 is 1.12 bits per heavy atom. The molecule has 13 heteroatoms. The smallest absolute Gasteiger partial charge is 0.434 e. The molecule has 1 aromatic heterocycles. The quantitative estimate of drug-likeness (QED) is 0.529.